The number of nitrogens with zero attached hydrogens (tertiary/aromatic N) is 6. The average Bonchev–Trinajstić information content (AvgIpc) is 3.21. The molecule has 0 spiro atoms. The minimum Gasteiger partial charge on any atom is -0.361 e. The van der Waals surface area contributed by atoms with E-state index in [0.29, 0.717) is 11.5 Å². The molecule has 0 aliphatic carbocycles. The summed E-state index contributed by atoms with van der Waals surface area (Å²) >= 11 is 0. The zero-order valence-corrected chi connectivity index (χ0v) is 18.7. The molecule has 1 aliphatic rings. The zero-order chi connectivity index (χ0) is 22.8. The predicted octanol–water partition coefficient (Wildman–Crippen LogP) is 2.43. The van der Waals surface area contributed by atoms with Gasteiger partial charge in [-0.25, -0.2) is 9.67 Å². The van der Waals surface area contributed by atoms with E-state index in [-0.39, 0.29) is 12.1 Å². The number of hydrogen-bond acceptors (Lipinski definition) is 8. The highest BCUT2D eigenvalue weighted by Crippen LogP contribution is 2.26. The maximum absolute atomic E-state index is 12.9. The third kappa shape index (κ3) is 4.40. The second-order valence-electron chi connectivity index (χ2n) is 8.13. The molecule has 1 N–H and O–H groups in total. The second kappa shape index (κ2) is 8.95. The Balaban J connectivity index is 1.41. The second-order valence-corrected chi connectivity index (χ2v) is 8.13. The van der Waals surface area contributed by atoms with Crippen LogP contribution in [-0.2, 0) is 6.54 Å². The molecule has 1 fully saturated rings. The Labute approximate surface area is 191 Å². The molecule has 0 atom stereocenters. The smallest absolute Gasteiger partial charge is 0.267 e. The van der Waals surface area contributed by atoms with Gasteiger partial charge in [-0.2, -0.15) is 5.10 Å². The molecule has 0 aromatic carbocycles. The number of nitrogens with one attached hydrogen (secondary N) is 1. The van der Waals surface area contributed by atoms with Gasteiger partial charge in [0.2, 0.25) is 0 Å². The van der Waals surface area contributed by atoms with Crippen LogP contribution in [0.1, 0.15) is 17.0 Å². The molecule has 9 nitrogen and oxygen atoms in total. The Morgan fingerprint density at radius 1 is 1.00 bits per heavy atom. The van der Waals surface area contributed by atoms with Gasteiger partial charge in [0.25, 0.3) is 5.56 Å². The summed E-state index contributed by atoms with van der Waals surface area (Å²) in [5.41, 5.74) is 4.74. The molecular weight excluding hydrogens is 418 g/mol. The van der Waals surface area contributed by atoms with Crippen molar-refractivity contribution in [1.82, 2.24) is 30.2 Å². The third-order valence-electron chi connectivity index (χ3n) is 5.87. The topological polar surface area (TPSA) is 102 Å². The third-order valence-corrected chi connectivity index (χ3v) is 5.87. The molecule has 5 heterocycles. The molecule has 0 bridgehead atoms. The van der Waals surface area contributed by atoms with Gasteiger partial charge in [0.1, 0.15) is 17.3 Å². The van der Waals surface area contributed by atoms with Crippen LogP contribution in [0.4, 0.5) is 5.82 Å². The van der Waals surface area contributed by atoms with Crippen molar-refractivity contribution in [3.63, 3.8) is 0 Å². The Hall–Kier alpha value is -3.85. The number of aromatic nitrogens is 5. The first-order valence-corrected chi connectivity index (χ1v) is 11.0. The van der Waals surface area contributed by atoms with Crippen LogP contribution in [0.15, 0.2) is 58.2 Å². The highest BCUT2D eigenvalue weighted by atomic mass is 16.5. The lowest BCUT2D eigenvalue weighted by Crippen LogP contribution is -2.43. The number of aryl methyl sites for hydroxylation is 2. The van der Waals surface area contributed by atoms with Gasteiger partial charge in [-0.3, -0.25) is 9.78 Å². The summed E-state index contributed by atoms with van der Waals surface area (Å²) in [6.07, 6.45) is 5.25. The van der Waals surface area contributed by atoms with Crippen molar-refractivity contribution in [2.75, 3.05) is 31.1 Å². The molecule has 0 radical (unpaired) electrons. The maximum Gasteiger partial charge on any atom is 0.267 e. The van der Waals surface area contributed by atoms with Crippen LogP contribution in [0, 0.1) is 13.8 Å². The SMILES string of the molecule is Cc1ccc(-c2noc(C)c2Cn2ncc(-c3ccnc(N4CCNCC4)c3)cc2=O)cn1. The number of hydrogen-bond donors (Lipinski definition) is 1. The quantitative estimate of drug-likeness (QED) is 0.502. The van der Waals surface area contributed by atoms with Gasteiger partial charge in [-0.1, -0.05) is 5.16 Å². The van der Waals surface area contributed by atoms with E-state index in [1.165, 1.54) is 4.68 Å². The number of anilines is 1. The summed E-state index contributed by atoms with van der Waals surface area (Å²) in [5.74, 6) is 1.56. The summed E-state index contributed by atoms with van der Waals surface area (Å²) in [4.78, 5) is 24.0. The van der Waals surface area contributed by atoms with Gasteiger partial charge in [-0.15, -0.1) is 0 Å². The predicted molar refractivity (Wildman–Crippen MR) is 125 cm³/mol. The van der Waals surface area contributed by atoms with E-state index in [9.17, 15) is 4.79 Å². The van der Waals surface area contributed by atoms with Gasteiger partial charge in [0, 0.05) is 67.0 Å². The minimum atomic E-state index is -0.193. The van der Waals surface area contributed by atoms with E-state index in [4.69, 9.17) is 4.52 Å². The number of piperazine rings is 1. The molecule has 0 saturated carbocycles. The highest BCUT2D eigenvalue weighted by molar-refractivity contribution is 5.66. The van der Waals surface area contributed by atoms with Crippen molar-refractivity contribution in [1.29, 1.82) is 0 Å². The molecule has 168 valence electrons. The number of rotatable bonds is 5. The Morgan fingerprint density at radius 3 is 2.61 bits per heavy atom. The molecule has 4 aromatic rings. The molecule has 4 aromatic heterocycles. The van der Waals surface area contributed by atoms with Crippen molar-refractivity contribution in [3.8, 4) is 22.4 Å². The molecular formula is C24H25N7O2. The van der Waals surface area contributed by atoms with Crippen LogP contribution in [0.2, 0.25) is 0 Å². The van der Waals surface area contributed by atoms with Crippen LogP contribution >= 0.6 is 0 Å². The summed E-state index contributed by atoms with van der Waals surface area (Å²) in [5, 5.41) is 12.0. The van der Waals surface area contributed by atoms with Crippen LogP contribution < -0.4 is 15.8 Å². The van der Waals surface area contributed by atoms with Crippen LogP contribution in [0.3, 0.4) is 0 Å². The average molecular weight is 444 g/mol. The monoisotopic (exact) mass is 443 g/mol. The first kappa shape index (κ1) is 21.0. The van der Waals surface area contributed by atoms with E-state index in [0.717, 1.165) is 59.9 Å². The van der Waals surface area contributed by atoms with Crippen LogP contribution in [-0.4, -0.2) is 51.1 Å². The maximum atomic E-state index is 12.9. The zero-order valence-electron chi connectivity index (χ0n) is 18.7. The largest absolute Gasteiger partial charge is 0.361 e. The Kier molecular flexibility index (Phi) is 5.70. The van der Waals surface area contributed by atoms with Gasteiger partial charge in [0.15, 0.2) is 0 Å². The van der Waals surface area contributed by atoms with E-state index in [1.54, 1.807) is 24.7 Å². The van der Waals surface area contributed by atoms with E-state index >= 15 is 0 Å². The van der Waals surface area contributed by atoms with Gasteiger partial charge in [0.05, 0.1) is 12.7 Å². The molecule has 33 heavy (non-hydrogen) atoms. The lowest BCUT2D eigenvalue weighted by atomic mass is 10.1. The molecule has 1 aliphatic heterocycles. The van der Waals surface area contributed by atoms with Crippen molar-refractivity contribution in [2.24, 2.45) is 0 Å². The molecule has 0 amide bonds. The van der Waals surface area contributed by atoms with Crippen LogP contribution in [0.25, 0.3) is 22.4 Å². The fraction of sp³-hybridized carbons (Fsp3) is 0.292. The van der Waals surface area contributed by atoms with Gasteiger partial charge < -0.3 is 14.7 Å². The van der Waals surface area contributed by atoms with Crippen molar-refractivity contribution < 1.29 is 4.52 Å². The standard InChI is InChI=1S/C24H25N7O2/c1-16-3-4-19(13-27-16)24-21(17(2)33-29-24)15-31-23(32)12-20(14-28-31)18-5-6-26-22(11-18)30-9-7-25-8-10-30/h3-6,11-14,25H,7-10,15H2,1-2H3. The molecule has 0 unspecified atom stereocenters. The summed E-state index contributed by atoms with van der Waals surface area (Å²) in [6.45, 7) is 7.72. The summed E-state index contributed by atoms with van der Waals surface area (Å²) in [7, 11) is 0. The lowest BCUT2D eigenvalue weighted by molar-refractivity contribution is 0.397. The summed E-state index contributed by atoms with van der Waals surface area (Å²) in [6, 6.07) is 9.39. The first-order chi connectivity index (χ1) is 16.1. The highest BCUT2D eigenvalue weighted by Gasteiger charge is 2.17. The fourth-order valence-electron chi connectivity index (χ4n) is 3.94. The van der Waals surface area contributed by atoms with E-state index in [2.05, 4.69) is 30.4 Å². The van der Waals surface area contributed by atoms with E-state index < -0.39 is 0 Å². The lowest BCUT2D eigenvalue weighted by Gasteiger charge is -2.28. The minimum absolute atomic E-state index is 0.193. The van der Waals surface area contributed by atoms with Crippen molar-refractivity contribution >= 4 is 5.82 Å². The van der Waals surface area contributed by atoms with Crippen molar-refractivity contribution in [2.45, 2.75) is 20.4 Å². The number of pyridine rings is 2. The summed E-state index contributed by atoms with van der Waals surface area (Å²) < 4.78 is 6.84. The first-order valence-electron chi connectivity index (χ1n) is 11.0. The Morgan fingerprint density at radius 2 is 1.85 bits per heavy atom. The molecule has 1 saturated heterocycles. The normalized spacial score (nSPS) is 13.9. The Bertz CT molecular complexity index is 1320. The van der Waals surface area contributed by atoms with Crippen molar-refractivity contribution in [3.05, 3.63) is 76.3 Å². The fourth-order valence-corrected chi connectivity index (χ4v) is 3.94. The van der Waals surface area contributed by atoms with Gasteiger partial charge >= 0.3 is 0 Å². The molecule has 5 rings (SSSR count). The molecule has 9 heteroatoms. The van der Waals surface area contributed by atoms with Gasteiger partial charge in [-0.05, 0) is 43.7 Å². The van der Waals surface area contributed by atoms with E-state index in [1.807, 2.05) is 38.1 Å². The van der Waals surface area contributed by atoms with Crippen LogP contribution in [0.5, 0.6) is 0 Å².